The molecule has 2 aromatic carbocycles. The van der Waals surface area contributed by atoms with Gasteiger partial charge in [-0.1, -0.05) is 15.9 Å². The molecule has 9 heteroatoms. The highest BCUT2D eigenvalue weighted by Gasteiger charge is 2.15. The first-order valence-electron chi connectivity index (χ1n) is 7.53. The summed E-state index contributed by atoms with van der Waals surface area (Å²) in [5, 5.41) is 5.29. The first kappa shape index (κ1) is 20.5. The standard InChI is InChI=1S/C18H15BrN2O5S/c1-25-16(23)11-7-12(17(24)26-2)9-14(8-11)20-18(27)21-15(22)10-3-5-13(19)6-4-10/h3-9H,1-2H3,(H2,20,21,22,27). The Bertz CT molecular complexity index is 865. The molecular weight excluding hydrogens is 436 g/mol. The van der Waals surface area contributed by atoms with Gasteiger partial charge in [-0.25, -0.2) is 9.59 Å². The number of methoxy groups -OCH3 is 2. The van der Waals surface area contributed by atoms with Crippen LogP contribution in [0, 0.1) is 0 Å². The molecule has 0 saturated carbocycles. The monoisotopic (exact) mass is 450 g/mol. The zero-order chi connectivity index (χ0) is 20.0. The van der Waals surface area contributed by atoms with Gasteiger partial charge in [-0.05, 0) is 54.7 Å². The van der Waals surface area contributed by atoms with Gasteiger partial charge in [0.2, 0.25) is 0 Å². The summed E-state index contributed by atoms with van der Waals surface area (Å²) >= 11 is 8.42. The minimum atomic E-state index is -0.631. The molecule has 0 fully saturated rings. The second kappa shape index (κ2) is 9.24. The van der Waals surface area contributed by atoms with Crippen molar-refractivity contribution in [2.75, 3.05) is 19.5 Å². The van der Waals surface area contributed by atoms with Crippen molar-refractivity contribution in [2.24, 2.45) is 0 Å². The fourth-order valence-corrected chi connectivity index (χ4v) is 2.58. The molecule has 0 bridgehead atoms. The van der Waals surface area contributed by atoms with Gasteiger partial charge in [-0.15, -0.1) is 0 Å². The lowest BCUT2D eigenvalue weighted by Gasteiger charge is -2.12. The van der Waals surface area contributed by atoms with Crippen LogP contribution in [0.25, 0.3) is 0 Å². The minimum absolute atomic E-state index is 0.000695. The molecule has 0 saturated heterocycles. The van der Waals surface area contributed by atoms with E-state index in [1.807, 2.05) is 0 Å². The number of rotatable bonds is 4. The van der Waals surface area contributed by atoms with Crippen molar-refractivity contribution in [1.82, 2.24) is 5.32 Å². The molecule has 0 aromatic heterocycles. The summed E-state index contributed by atoms with van der Waals surface area (Å²) in [5.41, 5.74) is 0.996. The molecule has 2 aromatic rings. The zero-order valence-corrected chi connectivity index (χ0v) is 16.8. The predicted octanol–water partition coefficient (Wildman–Crippen LogP) is 3.15. The zero-order valence-electron chi connectivity index (χ0n) is 14.4. The third-order valence-corrected chi connectivity index (χ3v) is 4.10. The van der Waals surface area contributed by atoms with E-state index in [9.17, 15) is 14.4 Å². The van der Waals surface area contributed by atoms with Gasteiger partial charge in [0.05, 0.1) is 25.3 Å². The number of thiocarbonyl (C=S) groups is 1. The Morgan fingerprint density at radius 1 is 0.889 bits per heavy atom. The molecule has 27 heavy (non-hydrogen) atoms. The quantitative estimate of drug-likeness (QED) is 0.545. The van der Waals surface area contributed by atoms with Crippen LogP contribution in [-0.4, -0.2) is 37.2 Å². The highest BCUT2D eigenvalue weighted by atomic mass is 79.9. The van der Waals surface area contributed by atoms with Crippen molar-refractivity contribution in [1.29, 1.82) is 0 Å². The van der Waals surface area contributed by atoms with Crippen LogP contribution in [0.4, 0.5) is 5.69 Å². The molecule has 140 valence electrons. The summed E-state index contributed by atoms with van der Waals surface area (Å²) in [6.45, 7) is 0. The highest BCUT2D eigenvalue weighted by Crippen LogP contribution is 2.17. The topological polar surface area (TPSA) is 93.7 Å². The number of nitrogens with one attached hydrogen (secondary N) is 2. The smallest absolute Gasteiger partial charge is 0.337 e. The Balaban J connectivity index is 2.18. The van der Waals surface area contributed by atoms with Crippen molar-refractivity contribution < 1.29 is 23.9 Å². The van der Waals surface area contributed by atoms with Crippen LogP contribution in [0.3, 0.4) is 0 Å². The van der Waals surface area contributed by atoms with Crippen LogP contribution in [-0.2, 0) is 9.47 Å². The lowest BCUT2D eigenvalue weighted by molar-refractivity contribution is 0.0599. The number of amides is 1. The van der Waals surface area contributed by atoms with Crippen molar-refractivity contribution in [2.45, 2.75) is 0 Å². The fraction of sp³-hybridized carbons (Fsp3) is 0.111. The second-order valence-electron chi connectivity index (χ2n) is 5.20. The third-order valence-electron chi connectivity index (χ3n) is 3.37. The van der Waals surface area contributed by atoms with Crippen LogP contribution in [0.2, 0.25) is 0 Å². The largest absolute Gasteiger partial charge is 0.465 e. The van der Waals surface area contributed by atoms with Crippen molar-refractivity contribution in [3.8, 4) is 0 Å². The Kier molecular flexibility index (Phi) is 7.03. The maximum Gasteiger partial charge on any atom is 0.337 e. The lowest BCUT2D eigenvalue weighted by Crippen LogP contribution is -2.34. The Morgan fingerprint density at radius 3 is 1.89 bits per heavy atom. The van der Waals surface area contributed by atoms with Crippen LogP contribution in [0.5, 0.6) is 0 Å². The molecule has 0 aliphatic heterocycles. The average molecular weight is 451 g/mol. The van der Waals surface area contributed by atoms with E-state index in [4.69, 9.17) is 12.2 Å². The second-order valence-corrected chi connectivity index (χ2v) is 6.52. The van der Waals surface area contributed by atoms with Gasteiger partial charge >= 0.3 is 11.9 Å². The van der Waals surface area contributed by atoms with Crippen molar-refractivity contribution in [3.63, 3.8) is 0 Å². The number of carbonyl (C=O) groups excluding carboxylic acids is 3. The van der Waals surface area contributed by atoms with E-state index in [2.05, 4.69) is 36.0 Å². The molecule has 0 radical (unpaired) electrons. The molecule has 7 nitrogen and oxygen atoms in total. The van der Waals surface area contributed by atoms with Gasteiger partial charge in [-0.3, -0.25) is 10.1 Å². The molecule has 2 rings (SSSR count). The molecule has 0 atom stereocenters. The number of ether oxygens (including phenoxy) is 2. The van der Waals surface area contributed by atoms with Gasteiger partial charge in [0, 0.05) is 15.7 Å². The molecule has 2 N–H and O–H groups in total. The van der Waals surface area contributed by atoms with Crippen molar-refractivity contribution in [3.05, 3.63) is 63.6 Å². The fourth-order valence-electron chi connectivity index (χ4n) is 2.11. The van der Waals surface area contributed by atoms with Crippen LogP contribution >= 0.6 is 28.1 Å². The SMILES string of the molecule is COC(=O)c1cc(NC(=S)NC(=O)c2ccc(Br)cc2)cc(C(=O)OC)c1. The summed E-state index contributed by atoms with van der Waals surface area (Å²) in [6, 6.07) is 10.9. The average Bonchev–Trinajstić information content (AvgIpc) is 2.66. The number of carbonyl (C=O) groups is 3. The summed E-state index contributed by atoms with van der Waals surface area (Å²) in [7, 11) is 2.45. The molecular formula is C18H15BrN2O5S. The maximum atomic E-state index is 12.2. The summed E-state index contributed by atoms with van der Waals surface area (Å²) in [5.74, 6) is -1.67. The number of halogens is 1. The number of benzene rings is 2. The number of esters is 2. The maximum absolute atomic E-state index is 12.2. The minimum Gasteiger partial charge on any atom is -0.465 e. The van der Waals surface area contributed by atoms with E-state index in [1.165, 1.54) is 32.4 Å². The van der Waals surface area contributed by atoms with Gasteiger partial charge in [0.1, 0.15) is 0 Å². The normalized spacial score (nSPS) is 9.89. The molecule has 0 aliphatic carbocycles. The van der Waals surface area contributed by atoms with Gasteiger partial charge in [-0.2, -0.15) is 0 Å². The van der Waals surface area contributed by atoms with E-state index in [-0.39, 0.29) is 16.2 Å². The molecule has 0 heterocycles. The van der Waals surface area contributed by atoms with E-state index >= 15 is 0 Å². The molecule has 1 amide bonds. The number of hydrogen-bond acceptors (Lipinski definition) is 6. The molecule has 0 spiro atoms. The Labute approximate surface area is 169 Å². The number of anilines is 1. The van der Waals surface area contributed by atoms with Crippen molar-refractivity contribution >= 4 is 56.8 Å². The van der Waals surface area contributed by atoms with E-state index in [0.717, 1.165) is 4.47 Å². The van der Waals surface area contributed by atoms with Crippen LogP contribution < -0.4 is 10.6 Å². The van der Waals surface area contributed by atoms with Crippen LogP contribution in [0.1, 0.15) is 31.1 Å². The Hall–Kier alpha value is -2.78. The summed E-state index contributed by atoms with van der Waals surface area (Å²) < 4.78 is 10.2. The molecule has 0 aliphatic rings. The van der Waals surface area contributed by atoms with Gasteiger partial charge in [0.25, 0.3) is 5.91 Å². The van der Waals surface area contributed by atoms with Crippen LogP contribution in [0.15, 0.2) is 46.9 Å². The van der Waals surface area contributed by atoms with Gasteiger partial charge < -0.3 is 14.8 Å². The molecule has 0 unspecified atom stereocenters. The number of hydrogen-bond donors (Lipinski definition) is 2. The van der Waals surface area contributed by atoms with E-state index < -0.39 is 17.8 Å². The third kappa shape index (κ3) is 5.60. The van der Waals surface area contributed by atoms with E-state index in [1.54, 1.807) is 24.3 Å². The predicted molar refractivity (Wildman–Crippen MR) is 107 cm³/mol. The summed E-state index contributed by atoms with van der Waals surface area (Å²) in [4.78, 5) is 35.8. The first-order chi connectivity index (χ1) is 12.8. The Morgan fingerprint density at radius 2 is 1.41 bits per heavy atom. The highest BCUT2D eigenvalue weighted by molar-refractivity contribution is 9.10. The van der Waals surface area contributed by atoms with Gasteiger partial charge in [0.15, 0.2) is 5.11 Å². The lowest BCUT2D eigenvalue weighted by atomic mass is 10.1. The first-order valence-corrected chi connectivity index (χ1v) is 8.73. The van der Waals surface area contributed by atoms with E-state index in [0.29, 0.717) is 11.3 Å². The summed E-state index contributed by atoms with van der Waals surface area (Å²) in [6.07, 6.45) is 0.